The molecular formula is C10H7ClN2O2. The molecule has 4 nitrogen and oxygen atoms in total. The first-order valence-electron chi connectivity index (χ1n) is 4.05. The summed E-state index contributed by atoms with van der Waals surface area (Å²) in [7, 11) is 0. The van der Waals surface area contributed by atoms with E-state index in [2.05, 4.69) is 0 Å². The predicted molar refractivity (Wildman–Crippen MR) is 52.7 cm³/mol. The summed E-state index contributed by atoms with van der Waals surface area (Å²) in [5, 5.41) is 35.9. The van der Waals surface area contributed by atoms with Gasteiger partial charge in [0.25, 0.3) is 0 Å². The molecule has 2 atom stereocenters. The fraction of sp³-hybridized carbons (Fsp3) is 0.200. The molecule has 0 saturated heterocycles. The Morgan fingerprint density at radius 2 is 1.93 bits per heavy atom. The maximum absolute atomic E-state index is 9.47. The second kappa shape index (κ2) is 4.77. The standard InChI is InChI=1S/C10H7ClN2O2/c11-8-2-1-6(3-7(8)4-12)10(15)9(14)5-13/h1-3,9-10,14-15H. The van der Waals surface area contributed by atoms with Gasteiger partial charge in [0.05, 0.1) is 16.7 Å². The second-order valence-corrected chi connectivity index (χ2v) is 3.28. The average molecular weight is 223 g/mol. The summed E-state index contributed by atoms with van der Waals surface area (Å²) in [6, 6.07) is 7.57. The highest BCUT2D eigenvalue weighted by Gasteiger charge is 2.18. The van der Waals surface area contributed by atoms with Crippen LogP contribution >= 0.6 is 11.6 Å². The molecule has 0 fully saturated rings. The summed E-state index contributed by atoms with van der Waals surface area (Å²) >= 11 is 5.68. The summed E-state index contributed by atoms with van der Waals surface area (Å²) < 4.78 is 0. The molecule has 0 aliphatic carbocycles. The van der Waals surface area contributed by atoms with E-state index in [-0.39, 0.29) is 16.1 Å². The molecule has 5 heteroatoms. The van der Waals surface area contributed by atoms with E-state index in [1.54, 1.807) is 0 Å². The summed E-state index contributed by atoms with van der Waals surface area (Å²) in [5.74, 6) is 0. The molecule has 1 aromatic rings. The zero-order chi connectivity index (χ0) is 11.4. The molecule has 0 bridgehead atoms. The Kier molecular flexibility index (Phi) is 3.65. The Morgan fingerprint density at radius 1 is 1.27 bits per heavy atom. The highest BCUT2D eigenvalue weighted by Crippen LogP contribution is 2.22. The van der Waals surface area contributed by atoms with Gasteiger partial charge in [-0.05, 0) is 17.7 Å². The summed E-state index contributed by atoms with van der Waals surface area (Å²) in [6.07, 6.45) is -2.85. The number of hydrogen-bond acceptors (Lipinski definition) is 4. The number of aliphatic hydroxyl groups excluding tert-OH is 2. The molecule has 15 heavy (non-hydrogen) atoms. The van der Waals surface area contributed by atoms with Crippen LogP contribution in [0, 0.1) is 22.7 Å². The first kappa shape index (κ1) is 11.5. The highest BCUT2D eigenvalue weighted by molar-refractivity contribution is 6.31. The lowest BCUT2D eigenvalue weighted by atomic mass is 10.0. The van der Waals surface area contributed by atoms with Crippen LogP contribution in [0.25, 0.3) is 0 Å². The molecular weight excluding hydrogens is 216 g/mol. The summed E-state index contributed by atoms with van der Waals surface area (Å²) in [4.78, 5) is 0. The number of nitriles is 2. The number of hydrogen-bond donors (Lipinski definition) is 2. The Hall–Kier alpha value is -1.59. The lowest BCUT2D eigenvalue weighted by Crippen LogP contribution is -2.15. The minimum absolute atomic E-state index is 0.193. The smallest absolute Gasteiger partial charge is 0.170 e. The molecule has 0 radical (unpaired) electrons. The Bertz CT molecular complexity index is 448. The fourth-order valence-electron chi connectivity index (χ4n) is 1.07. The van der Waals surface area contributed by atoms with Crippen LogP contribution in [-0.2, 0) is 0 Å². The van der Waals surface area contributed by atoms with Crippen LogP contribution in [-0.4, -0.2) is 16.3 Å². The highest BCUT2D eigenvalue weighted by atomic mass is 35.5. The van der Waals surface area contributed by atoms with Crippen LogP contribution in [0.15, 0.2) is 18.2 Å². The Morgan fingerprint density at radius 3 is 2.47 bits per heavy atom. The zero-order valence-electron chi connectivity index (χ0n) is 7.55. The van der Waals surface area contributed by atoms with Gasteiger partial charge in [-0.3, -0.25) is 0 Å². The number of benzene rings is 1. The molecule has 2 N–H and O–H groups in total. The molecule has 0 amide bonds. The molecule has 1 aromatic carbocycles. The van der Waals surface area contributed by atoms with Crippen molar-refractivity contribution >= 4 is 11.6 Å². The van der Waals surface area contributed by atoms with Crippen molar-refractivity contribution in [3.05, 3.63) is 34.3 Å². The summed E-state index contributed by atoms with van der Waals surface area (Å²) in [6.45, 7) is 0. The maximum Gasteiger partial charge on any atom is 0.170 e. The first-order chi connectivity index (χ1) is 7.10. The lowest BCUT2D eigenvalue weighted by Gasteiger charge is -2.12. The van der Waals surface area contributed by atoms with E-state index < -0.39 is 12.2 Å². The van der Waals surface area contributed by atoms with Gasteiger partial charge in [0.2, 0.25) is 0 Å². The third kappa shape index (κ3) is 2.45. The monoisotopic (exact) mass is 222 g/mol. The average Bonchev–Trinajstić information content (AvgIpc) is 2.27. The van der Waals surface area contributed by atoms with E-state index in [1.165, 1.54) is 24.3 Å². The zero-order valence-corrected chi connectivity index (χ0v) is 8.31. The minimum atomic E-state index is -1.52. The van der Waals surface area contributed by atoms with Gasteiger partial charge < -0.3 is 10.2 Å². The SMILES string of the molecule is N#Cc1cc(C(O)C(O)C#N)ccc1Cl. The van der Waals surface area contributed by atoms with Crippen molar-refractivity contribution in [2.75, 3.05) is 0 Å². The number of nitrogens with zero attached hydrogens (tertiary/aromatic N) is 2. The van der Waals surface area contributed by atoms with E-state index in [0.717, 1.165) is 0 Å². The van der Waals surface area contributed by atoms with Gasteiger partial charge in [-0.25, -0.2) is 0 Å². The molecule has 0 aliphatic heterocycles. The number of rotatable bonds is 2. The Labute approximate surface area is 91.6 Å². The van der Waals surface area contributed by atoms with Crippen LogP contribution < -0.4 is 0 Å². The van der Waals surface area contributed by atoms with Gasteiger partial charge in [-0.15, -0.1) is 0 Å². The van der Waals surface area contributed by atoms with Gasteiger partial charge in [-0.1, -0.05) is 17.7 Å². The molecule has 0 aromatic heterocycles. The van der Waals surface area contributed by atoms with Gasteiger partial charge in [0.15, 0.2) is 6.10 Å². The molecule has 0 saturated carbocycles. The third-order valence-electron chi connectivity index (χ3n) is 1.88. The molecule has 0 spiro atoms. The van der Waals surface area contributed by atoms with Crippen molar-refractivity contribution in [3.8, 4) is 12.1 Å². The van der Waals surface area contributed by atoms with Gasteiger partial charge in [0, 0.05) is 0 Å². The predicted octanol–water partition coefficient (Wildman–Crippen LogP) is 1.13. The molecule has 2 unspecified atom stereocenters. The quantitative estimate of drug-likeness (QED) is 0.735. The lowest BCUT2D eigenvalue weighted by molar-refractivity contribution is 0.0528. The minimum Gasteiger partial charge on any atom is -0.385 e. The largest absolute Gasteiger partial charge is 0.385 e. The van der Waals surface area contributed by atoms with Crippen molar-refractivity contribution in [2.45, 2.75) is 12.2 Å². The summed E-state index contributed by atoms with van der Waals surface area (Å²) in [5.41, 5.74) is 0.475. The van der Waals surface area contributed by atoms with Crippen molar-refractivity contribution in [1.82, 2.24) is 0 Å². The fourth-order valence-corrected chi connectivity index (χ4v) is 1.23. The Balaban J connectivity index is 3.08. The second-order valence-electron chi connectivity index (χ2n) is 2.87. The topological polar surface area (TPSA) is 88.0 Å². The van der Waals surface area contributed by atoms with Crippen LogP contribution in [0.4, 0.5) is 0 Å². The van der Waals surface area contributed by atoms with Gasteiger partial charge >= 0.3 is 0 Å². The number of aliphatic hydroxyl groups is 2. The maximum atomic E-state index is 9.47. The van der Waals surface area contributed by atoms with Crippen molar-refractivity contribution in [3.63, 3.8) is 0 Å². The van der Waals surface area contributed by atoms with Crippen molar-refractivity contribution < 1.29 is 10.2 Å². The van der Waals surface area contributed by atoms with Crippen LogP contribution in [0.2, 0.25) is 5.02 Å². The first-order valence-corrected chi connectivity index (χ1v) is 4.43. The van der Waals surface area contributed by atoms with Crippen LogP contribution in [0.5, 0.6) is 0 Å². The van der Waals surface area contributed by atoms with E-state index in [0.29, 0.717) is 0 Å². The van der Waals surface area contributed by atoms with E-state index in [1.807, 2.05) is 6.07 Å². The molecule has 0 aliphatic rings. The van der Waals surface area contributed by atoms with Gasteiger partial charge in [0.1, 0.15) is 12.2 Å². The molecule has 76 valence electrons. The van der Waals surface area contributed by atoms with Crippen molar-refractivity contribution in [2.24, 2.45) is 0 Å². The van der Waals surface area contributed by atoms with E-state index in [4.69, 9.17) is 27.2 Å². The molecule has 1 rings (SSSR count). The van der Waals surface area contributed by atoms with E-state index >= 15 is 0 Å². The van der Waals surface area contributed by atoms with Crippen molar-refractivity contribution in [1.29, 1.82) is 10.5 Å². The van der Waals surface area contributed by atoms with Crippen LogP contribution in [0.3, 0.4) is 0 Å². The normalized spacial score (nSPS) is 13.7. The molecule has 0 heterocycles. The van der Waals surface area contributed by atoms with E-state index in [9.17, 15) is 5.11 Å². The third-order valence-corrected chi connectivity index (χ3v) is 2.21. The van der Waals surface area contributed by atoms with Crippen LogP contribution in [0.1, 0.15) is 17.2 Å². The van der Waals surface area contributed by atoms with Gasteiger partial charge in [-0.2, -0.15) is 10.5 Å². The number of halogens is 1.